The van der Waals surface area contributed by atoms with Crippen LogP contribution in [0.4, 0.5) is 14.7 Å². The van der Waals surface area contributed by atoms with Crippen molar-refractivity contribution in [3.05, 3.63) is 33.2 Å². The van der Waals surface area contributed by atoms with E-state index in [0.717, 1.165) is 12.8 Å². The van der Waals surface area contributed by atoms with Crippen molar-refractivity contribution in [2.75, 3.05) is 18.0 Å². The first-order valence-corrected chi connectivity index (χ1v) is 8.33. The number of aromatic amines is 2. The number of hydrogen-bond acceptors (Lipinski definition) is 7. The van der Waals surface area contributed by atoms with E-state index in [4.69, 9.17) is 0 Å². The molecule has 3 N–H and O–H groups in total. The van der Waals surface area contributed by atoms with Crippen LogP contribution in [0, 0.1) is 0 Å². The number of halogens is 2. The van der Waals surface area contributed by atoms with Crippen molar-refractivity contribution in [3.8, 4) is 5.88 Å². The van der Waals surface area contributed by atoms with E-state index in [-0.39, 0.29) is 23.6 Å². The Labute approximate surface area is 148 Å². The molecule has 3 aromatic rings. The topological polar surface area (TPSA) is 128 Å². The molecule has 10 nitrogen and oxygen atoms in total. The molecule has 0 aromatic carbocycles. The first-order chi connectivity index (χ1) is 12.9. The average Bonchev–Trinajstić information content (AvgIpc) is 3.21. The Morgan fingerprint density at radius 1 is 1.30 bits per heavy atom. The van der Waals surface area contributed by atoms with Gasteiger partial charge in [-0.05, 0) is 18.9 Å². The molecule has 0 radical (unpaired) electrons. The highest BCUT2D eigenvalue weighted by Crippen LogP contribution is 2.29. The van der Waals surface area contributed by atoms with Crippen molar-refractivity contribution < 1.29 is 13.9 Å². The van der Waals surface area contributed by atoms with Gasteiger partial charge in [-0.1, -0.05) is 0 Å². The fourth-order valence-electron chi connectivity index (χ4n) is 2.86. The molecular weight excluding hydrogens is 362 g/mol. The first-order valence-electron chi connectivity index (χ1n) is 8.33. The summed E-state index contributed by atoms with van der Waals surface area (Å²) in [4.78, 5) is 30.5. The Kier molecular flexibility index (Phi) is 3.15. The molecule has 0 atom stereocenters. The fraction of sp³-hybridized carbons (Fsp3) is 0.400. The maximum atomic E-state index is 13.3. The highest BCUT2D eigenvalue weighted by Gasteiger charge is 2.45. The molecule has 140 valence electrons. The highest BCUT2D eigenvalue weighted by atomic mass is 19.3. The molecule has 0 amide bonds. The zero-order valence-electron chi connectivity index (χ0n) is 13.9. The summed E-state index contributed by atoms with van der Waals surface area (Å²) >= 11 is 0. The van der Waals surface area contributed by atoms with E-state index in [2.05, 4.69) is 30.0 Å². The first kappa shape index (κ1) is 15.9. The van der Waals surface area contributed by atoms with E-state index in [9.17, 15) is 18.7 Å². The number of fused-ring (bicyclic) bond motifs is 1. The van der Waals surface area contributed by atoms with Crippen molar-refractivity contribution in [3.63, 3.8) is 0 Å². The number of H-pyrrole nitrogens is 2. The number of nitrogens with zero attached hydrogens (tertiary/aromatic N) is 6. The van der Waals surface area contributed by atoms with Crippen LogP contribution in [0.5, 0.6) is 5.88 Å². The molecule has 27 heavy (non-hydrogen) atoms. The van der Waals surface area contributed by atoms with E-state index in [0.29, 0.717) is 16.5 Å². The quantitative estimate of drug-likeness (QED) is 0.533. The summed E-state index contributed by atoms with van der Waals surface area (Å²) in [5, 5.41) is 14.4. The van der Waals surface area contributed by atoms with Crippen LogP contribution in [0.25, 0.3) is 11.7 Å². The van der Waals surface area contributed by atoms with Crippen molar-refractivity contribution in [1.29, 1.82) is 0 Å². The third-order valence-electron chi connectivity index (χ3n) is 4.37. The predicted octanol–water partition coefficient (Wildman–Crippen LogP) is -1.09. The molecule has 5 rings (SSSR count). The maximum Gasteiger partial charge on any atom is 0.326 e. The predicted molar refractivity (Wildman–Crippen MR) is 88.4 cm³/mol. The molecule has 4 heterocycles. The molecule has 2 fully saturated rings. The van der Waals surface area contributed by atoms with Gasteiger partial charge in [0.1, 0.15) is 5.69 Å². The Hall–Kier alpha value is -3.31. The number of aromatic hydroxyl groups is 1. The molecule has 12 heteroatoms. The number of nitrogens with one attached hydrogen (secondary N) is 2. The van der Waals surface area contributed by atoms with Crippen LogP contribution in [0.1, 0.15) is 18.5 Å². The Morgan fingerprint density at radius 2 is 2.07 bits per heavy atom. The summed E-state index contributed by atoms with van der Waals surface area (Å²) < 4.78 is 27.9. The highest BCUT2D eigenvalue weighted by molar-refractivity contribution is 5.57. The van der Waals surface area contributed by atoms with Gasteiger partial charge in [-0.15, -0.1) is 0 Å². The van der Waals surface area contributed by atoms with Crippen molar-refractivity contribution in [2.45, 2.75) is 24.8 Å². The van der Waals surface area contributed by atoms with Gasteiger partial charge in [0.25, 0.3) is 11.5 Å². The molecular formula is C15H14F2N8O2. The second-order valence-corrected chi connectivity index (χ2v) is 6.72. The summed E-state index contributed by atoms with van der Waals surface area (Å²) in [6.45, 7) is -0.906. The third-order valence-corrected chi connectivity index (χ3v) is 4.37. The second-order valence-electron chi connectivity index (χ2n) is 6.72. The van der Waals surface area contributed by atoms with Crippen molar-refractivity contribution in [2.24, 2.45) is 4.99 Å². The van der Waals surface area contributed by atoms with Crippen LogP contribution in [0.2, 0.25) is 0 Å². The lowest BCUT2D eigenvalue weighted by atomic mass is 10.2. The summed E-state index contributed by atoms with van der Waals surface area (Å²) in [5.74, 6) is -2.93. The molecule has 2 aliphatic rings. The molecule has 1 aliphatic carbocycles. The number of hydrogen-bond donors (Lipinski definition) is 3. The van der Waals surface area contributed by atoms with E-state index < -0.39 is 24.7 Å². The van der Waals surface area contributed by atoms with Gasteiger partial charge in [-0.2, -0.15) is 19.6 Å². The minimum atomic E-state index is -2.76. The maximum absolute atomic E-state index is 13.3. The summed E-state index contributed by atoms with van der Waals surface area (Å²) in [6.07, 6.45) is 4.86. The monoisotopic (exact) mass is 376 g/mol. The van der Waals surface area contributed by atoms with Gasteiger partial charge >= 0.3 is 5.69 Å². The normalized spacial score (nSPS) is 20.4. The lowest BCUT2D eigenvalue weighted by Gasteiger charge is -2.38. The summed E-state index contributed by atoms with van der Waals surface area (Å²) in [5.41, 5.74) is 0.235. The van der Waals surface area contributed by atoms with E-state index in [1.165, 1.54) is 21.7 Å². The fourth-order valence-corrected chi connectivity index (χ4v) is 2.86. The van der Waals surface area contributed by atoms with Crippen molar-refractivity contribution in [1.82, 2.24) is 29.5 Å². The summed E-state index contributed by atoms with van der Waals surface area (Å²) in [6, 6.07) is 0.149. The van der Waals surface area contributed by atoms with E-state index >= 15 is 0 Å². The van der Waals surface area contributed by atoms with Gasteiger partial charge in [0.15, 0.2) is 5.65 Å². The molecule has 0 spiro atoms. The Morgan fingerprint density at radius 3 is 2.70 bits per heavy atom. The van der Waals surface area contributed by atoms with Crippen LogP contribution in [0.3, 0.4) is 0 Å². The zero-order chi connectivity index (χ0) is 18.8. The van der Waals surface area contributed by atoms with Gasteiger partial charge < -0.3 is 15.0 Å². The number of rotatable bonds is 3. The van der Waals surface area contributed by atoms with Crippen LogP contribution in [0.15, 0.2) is 16.0 Å². The minimum Gasteiger partial charge on any atom is -0.493 e. The molecule has 0 bridgehead atoms. The number of imidazole rings is 1. The largest absolute Gasteiger partial charge is 0.493 e. The molecule has 1 saturated carbocycles. The van der Waals surface area contributed by atoms with Gasteiger partial charge in [0.05, 0.1) is 25.3 Å². The number of aromatic nitrogens is 6. The molecule has 1 saturated heterocycles. The second kappa shape index (κ2) is 5.34. The molecule has 0 unspecified atom stereocenters. The van der Waals surface area contributed by atoms with Gasteiger partial charge in [0.2, 0.25) is 11.8 Å². The van der Waals surface area contributed by atoms with Gasteiger partial charge in [0, 0.05) is 5.22 Å². The van der Waals surface area contributed by atoms with Crippen LogP contribution < -0.4 is 21.4 Å². The molecule has 1 aliphatic heterocycles. The van der Waals surface area contributed by atoms with E-state index in [1.54, 1.807) is 0 Å². The number of alkyl halides is 2. The van der Waals surface area contributed by atoms with Crippen LogP contribution >= 0.6 is 0 Å². The lowest BCUT2D eigenvalue weighted by Crippen LogP contribution is -2.57. The smallest absolute Gasteiger partial charge is 0.326 e. The van der Waals surface area contributed by atoms with Gasteiger partial charge in [-0.25, -0.2) is 18.6 Å². The number of anilines is 1. The standard InChI is InChI=1S/C15H14F2N8O2/c16-15(17)5-24(6-15)12-21-10-7(3-9-11(26)22-14(27)20-9)4-18-25(10)13(23-12)19-8-1-2-8/h3-4,8,26H,1-2,5-6H2,(H2,20,22,27). The summed E-state index contributed by atoms with van der Waals surface area (Å²) in [7, 11) is 0. The average molecular weight is 376 g/mol. The van der Waals surface area contributed by atoms with Crippen molar-refractivity contribution >= 4 is 17.7 Å². The zero-order valence-corrected chi connectivity index (χ0v) is 13.9. The molecule has 3 aromatic heterocycles. The van der Waals surface area contributed by atoms with Crippen LogP contribution in [-0.2, 0) is 0 Å². The Bertz CT molecular complexity index is 1210. The minimum absolute atomic E-state index is 0.148. The SMILES string of the molecule is O=c1[nH]c(O)c(C=c2cnn3c(=NC4CC4)nc(N4CC(F)(F)C4)nc23)[nH]1. The lowest BCUT2D eigenvalue weighted by molar-refractivity contribution is -0.0272. The van der Waals surface area contributed by atoms with Crippen LogP contribution in [-0.4, -0.2) is 59.7 Å². The third kappa shape index (κ3) is 2.82. The van der Waals surface area contributed by atoms with Gasteiger partial charge in [-0.3, -0.25) is 4.98 Å². The van der Waals surface area contributed by atoms with E-state index in [1.807, 2.05) is 0 Å². The Balaban J connectivity index is 1.70.